The van der Waals surface area contributed by atoms with Gasteiger partial charge >= 0.3 is 0 Å². The first-order valence-corrected chi connectivity index (χ1v) is 9.15. The van der Waals surface area contributed by atoms with Crippen LogP contribution in [-0.4, -0.2) is 60.2 Å². The SMILES string of the molecule is COc1ccc(CC(=O)N[C@@H]2C[C@@H](C(=O)NCC(N)=O)CC[C@H]2O)cc1F.O=CO. The molecule has 1 aromatic rings. The van der Waals surface area contributed by atoms with Crippen LogP contribution in [-0.2, 0) is 25.6 Å². The predicted molar refractivity (Wildman–Crippen MR) is 103 cm³/mol. The van der Waals surface area contributed by atoms with Crippen LogP contribution in [0.15, 0.2) is 18.2 Å². The van der Waals surface area contributed by atoms with Crippen LogP contribution in [0, 0.1) is 11.7 Å². The van der Waals surface area contributed by atoms with Gasteiger partial charge < -0.3 is 31.3 Å². The average Bonchev–Trinajstić information content (AvgIpc) is 2.68. The van der Waals surface area contributed by atoms with Crippen LogP contribution in [0.25, 0.3) is 0 Å². The van der Waals surface area contributed by atoms with Crippen molar-refractivity contribution in [1.29, 1.82) is 0 Å². The van der Waals surface area contributed by atoms with E-state index in [0.29, 0.717) is 18.4 Å². The van der Waals surface area contributed by atoms with Gasteiger partial charge in [0, 0.05) is 5.92 Å². The predicted octanol–water partition coefficient (Wildman–Crippen LogP) is -0.675. The molecule has 30 heavy (non-hydrogen) atoms. The maximum absolute atomic E-state index is 13.7. The van der Waals surface area contributed by atoms with Crippen molar-refractivity contribution in [1.82, 2.24) is 10.6 Å². The number of halogens is 1. The van der Waals surface area contributed by atoms with E-state index in [1.165, 1.54) is 19.2 Å². The maximum Gasteiger partial charge on any atom is 0.290 e. The number of benzene rings is 1. The van der Waals surface area contributed by atoms with Crippen molar-refractivity contribution in [2.45, 2.75) is 37.8 Å². The average molecular weight is 427 g/mol. The number of aliphatic hydroxyl groups excluding tert-OH is 1. The number of amides is 3. The van der Waals surface area contributed by atoms with Crippen molar-refractivity contribution in [2.75, 3.05) is 13.7 Å². The zero-order chi connectivity index (χ0) is 22.7. The summed E-state index contributed by atoms with van der Waals surface area (Å²) in [5, 5.41) is 22.1. The van der Waals surface area contributed by atoms with Crippen LogP contribution in [0.1, 0.15) is 24.8 Å². The molecule has 0 bridgehead atoms. The van der Waals surface area contributed by atoms with Gasteiger partial charge in [0.2, 0.25) is 17.7 Å². The Morgan fingerprint density at radius 1 is 1.33 bits per heavy atom. The molecule has 11 heteroatoms. The quantitative estimate of drug-likeness (QED) is 0.359. The van der Waals surface area contributed by atoms with Gasteiger partial charge in [0.25, 0.3) is 6.47 Å². The number of nitrogens with one attached hydrogen (secondary N) is 2. The summed E-state index contributed by atoms with van der Waals surface area (Å²) in [7, 11) is 1.35. The maximum atomic E-state index is 13.7. The fourth-order valence-corrected chi connectivity index (χ4v) is 3.13. The van der Waals surface area contributed by atoms with Gasteiger partial charge in [-0.2, -0.15) is 0 Å². The molecule has 10 nitrogen and oxygen atoms in total. The second-order valence-corrected chi connectivity index (χ2v) is 6.69. The number of ether oxygens (including phenoxy) is 1. The molecule has 1 fully saturated rings. The van der Waals surface area contributed by atoms with Crippen molar-refractivity contribution >= 4 is 24.2 Å². The number of methoxy groups -OCH3 is 1. The molecule has 1 aliphatic carbocycles. The van der Waals surface area contributed by atoms with Crippen molar-refractivity contribution < 1.29 is 38.5 Å². The third-order valence-corrected chi connectivity index (χ3v) is 4.55. The lowest BCUT2D eigenvalue weighted by Crippen LogP contribution is -2.50. The Balaban J connectivity index is 0.00000141. The number of primary amides is 1. The molecule has 3 atom stereocenters. The Labute approximate surface area is 172 Å². The zero-order valence-electron chi connectivity index (χ0n) is 16.5. The molecule has 1 saturated carbocycles. The first-order valence-electron chi connectivity index (χ1n) is 9.15. The lowest BCUT2D eigenvalue weighted by molar-refractivity contribution is -0.130. The van der Waals surface area contributed by atoms with Crippen LogP contribution in [0.5, 0.6) is 5.75 Å². The first-order chi connectivity index (χ1) is 14.2. The highest BCUT2D eigenvalue weighted by Gasteiger charge is 2.33. The van der Waals surface area contributed by atoms with Gasteiger partial charge in [-0.25, -0.2) is 4.39 Å². The molecule has 1 aliphatic rings. The number of hydrogen-bond acceptors (Lipinski definition) is 6. The fraction of sp³-hybridized carbons (Fsp3) is 0.474. The number of rotatable bonds is 7. The smallest absolute Gasteiger partial charge is 0.290 e. The fourth-order valence-electron chi connectivity index (χ4n) is 3.13. The van der Waals surface area contributed by atoms with E-state index in [4.69, 9.17) is 20.4 Å². The Kier molecular flexibility index (Phi) is 10.2. The van der Waals surface area contributed by atoms with Crippen molar-refractivity contribution in [3.05, 3.63) is 29.6 Å². The molecule has 1 aromatic carbocycles. The van der Waals surface area contributed by atoms with Crippen molar-refractivity contribution in [3.8, 4) is 5.75 Å². The highest BCUT2D eigenvalue weighted by Crippen LogP contribution is 2.25. The highest BCUT2D eigenvalue weighted by molar-refractivity contribution is 5.85. The molecule has 166 valence electrons. The summed E-state index contributed by atoms with van der Waals surface area (Å²) in [5.74, 6) is -2.27. The normalized spacial score (nSPS) is 20.2. The molecule has 0 aromatic heterocycles. The summed E-state index contributed by atoms with van der Waals surface area (Å²) >= 11 is 0. The van der Waals surface area contributed by atoms with Crippen LogP contribution in [0.4, 0.5) is 4.39 Å². The van der Waals surface area contributed by atoms with Gasteiger partial charge in [-0.15, -0.1) is 0 Å². The Bertz CT molecular complexity index is 760. The van der Waals surface area contributed by atoms with Crippen LogP contribution in [0.2, 0.25) is 0 Å². The van der Waals surface area contributed by atoms with Gasteiger partial charge in [-0.3, -0.25) is 19.2 Å². The monoisotopic (exact) mass is 427 g/mol. The number of carbonyl (C=O) groups is 4. The van der Waals surface area contributed by atoms with E-state index in [9.17, 15) is 23.9 Å². The van der Waals surface area contributed by atoms with Crippen molar-refractivity contribution in [3.63, 3.8) is 0 Å². The second-order valence-electron chi connectivity index (χ2n) is 6.69. The molecule has 0 heterocycles. The molecule has 3 amide bonds. The Morgan fingerprint density at radius 3 is 2.57 bits per heavy atom. The van der Waals surface area contributed by atoms with Gasteiger partial charge in [0.05, 0.1) is 32.2 Å². The summed E-state index contributed by atoms with van der Waals surface area (Å²) in [6, 6.07) is 3.64. The highest BCUT2D eigenvalue weighted by atomic mass is 19.1. The van der Waals surface area contributed by atoms with Gasteiger partial charge in [-0.1, -0.05) is 6.07 Å². The standard InChI is InChI=1S/C18H24FN3O5.CH2O2/c1-27-15-5-2-10(6-12(15)19)7-17(25)22-13-8-11(3-4-14(13)23)18(26)21-9-16(20)24;2-1-3/h2,5-6,11,13-14,23H,3-4,7-9H2,1H3,(H2,20,24)(H,21,26)(H,22,25);1H,(H,2,3)/t11-,13+,14+;/m0./s1. The van der Waals surface area contributed by atoms with Gasteiger partial charge in [0.15, 0.2) is 11.6 Å². The number of hydrogen-bond donors (Lipinski definition) is 5. The molecular formula is C19H26FN3O7. The minimum atomic E-state index is -0.776. The summed E-state index contributed by atoms with van der Waals surface area (Å²) in [6.45, 7) is -0.502. The van der Waals surface area contributed by atoms with E-state index in [2.05, 4.69) is 10.6 Å². The Hall–Kier alpha value is -3.21. The molecule has 0 aliphatic heterocycles. The van der Waals surface area contributed by atoms with E-state index in [1.807, 2.05) is 0 Å². The zero-order valence-corrected chi connectivity index (χ0v) is 16.5. The first kappa shape index (κ1) is 24.8. The number of nitrogens with two attached hydrogens (primary N) is 1. The van der Waals surface area contributed by atoms with Crippen LogP contribution in [0.3, 0.4) is 0 Å². The molecular weight excluding hydrogens is 401 g/mol. The summed E-state index contributed by atoms with van der Waals surface area (Å²) in [5.41, 5.74) is 5.47. The molecule has 0 radical (unpaired) electrons. The molecule has 0 saturated heterocycles. The van der Waals surface area contributed by atoms with Crippen molar-refractivity contribution in [2.24, 2.45) is 11.7 Å². The topological polar surface area (TPSA) is 168 Å². The second kappa shape index (κ2) is 12.4. The molecule has 2 rings (SSSR count). The molecule has 0 spiro atoms. The van der Waals surface area contributed by atoms with Gasteiger partial charge in [0.1, 0.15) is 0 Å². The summed E-state index contributed by atoms with van der Waals surface area (Å²) < 4.78 is 18.6. The Morgan fingerprint density at radius 2 is 2.00 bits per heavy atom. The largest absolute Gasteiger partial charge is 0.494 e. The van der Waals surface area contributed by atoms with E-state index in [-0.39, 0.29) is 43.4 Å². The van der Waals surface area contributed by atoms with Gasteiger partial charge in [-0.05, 0) is 37.0 Å². The van der Waals surface area contributed by atoms with E-state index < -0.39 is 29.8 Å². The number of carboxylic acid groups (broad SMARTS) is 1. The lowest BCUT2D eigenvalue weighted by Gasteiger charge is -2.33. The summed E-state index contributed by atoms with van der Waals surface area (Å²) in [6.07, 6.45) is 0.192. The van der Waals surface area contributed by atoms with E-state index >= 15 is 0 Å². The summed E-state index contributed by atoms with van der Waals surface area (Å²) in [4.78, 5) is 43.4. The van der Waals surface area contributed by atoms with E-state index in [1.54, 1.807) is 6.07 Å². The minimum Gasteiger partial charge on any atom is -0.494 e. The third kappa shape index (κ3) is 8.03. The third-order valence-electron chi connectivity index (χ3n) is 4.55. The van der Waals surface area contributed by atoms with Crippen LogP contribution < -0.4 is 21.1 Å². The molecule has 6 N–H and O–H groups in total. The molecule has 0 unspecified atom stereocenters. The van der Waals surface area contributed by atoms with Crippen LogP contribution >= 0.6 is 0 Å². The number of aliphatic hydroxyl groups is 1. The number of carbonyl (C=O) groups excluding carboxylic acids is 3. The lowest BCUT2D eigenvalue weighted by atomic mass is 9.83. The minimum absolute atomic E-state index is 0.0668. The van der Waals surface area contributed by atoms with E-state index in [0.717, 1.165) is 0 Å².